The lowest BCUT2D eigenvalue weighted by Crippen LogP contribution is -2.38. The van der Waals surface area contributed by atoms with Crippen molar-refractivity contribution in [3.63, 3.8) is 0 Å². The lowest BCUT2D eigenvalue weighted by Gasteiger charge is -2.31. The smallest absolute Gasteiger partial charge is 0.128 e. The van der Waals surface area contributed by atoms with Gasteiger partial charge in [0.15, 0.2) is 0 Å². The number of aromatic nitrogens is 2. The van der Waals surface area contributed by atoms with E-state index in [9.17, 15) is 0 Å². The molecule has 1 aliphatic heterocycles. The second-order valence-electron chi connectivity index (χ2n) is 4.54. The maximum absolute atomic E-state index is 5.96. The Labute approximate surface area is 101 Å². The maximum atomic E-state index is 5.96. The highest BCUT2D eigenvalue weighted by atomic mass is 35.5. The fourth-order valence-electron chi connectivity index (χ4n) is 2.26. The molecule has 0 bridgehead atoms. The van der Waals surface area contributed by atoms with E-state index in [0.717, 1.165) is 32.0 Å². The molecule has 4 nitrogen and oxygen atoms in total. The zero-order valence-electron chi connectivity index (χ0n) is 9.69. The quantitative estimate of drug-likeness (QED) is 0.868. The van der Waals surface area contributed by atoms with Crippen molar-refractivity contribution in [2.24, 2.45) is 18.7 Å². The van der Waals surface area contributed by atoms with Gasteiger partial charge in [0.2, 0.25) is 0 Å². The van der Waals surface area contributed by atoms with E-state index in [1.54, 1.807) is 6.20 Å². The topological polar surface area (TPSA) is 47.1 Å². The first-order valence-corrected chi connectivity index (χ1v) is 6.17. The van der Waals surface area contributed by atoms with Gasteiger partial charge in [0.1, 0.15) is 11.0 Å². The molecule has 1 aromatic rings. The van der Waals surface area contributed by atoms with Crippen LogP contribution in [0.4, 0.5) is 0 Å². The zero-order chi connectivity index (χ0) is 11.5. The van der Waals surface area contributed by atoms with E-state index in [1.807, 2.05) is 11.6 Å². The van der Waals surface area contributed by atoms with Crippen LogP contribution in [0.1, 0.15) is 18.7 Å². The van der Waals surface area contributed by atoms with Gasteiger partial charge in [-0.2, -0.15) is 0 Å². The largest absolute Gasteiger partial charge is 0.330 e. The Kier molecular flexibility index (Phi) is 3.84. The Morgan fingerprint density at radius 2 is 2.44 bits per heavy atom. The van der Waals surface area contributed by atoms with E-state index < -0.39 is 0 Å². The van der Waals surface area contributed by atoms with E-state index in [0.29, 0.717) is 11.1 Å². The number of hydrogen-bond acceptors (Lipinski definition) is 3. The van der Waals surface area contributed by atoms with Gasteiger partial charge < -0.3 is 10.3 Å². The molecule has 1 saturated heterocycles. The average molecular weight is 243 g/mol. The van der Waals surface area contributed by atoms with Crippen molar-refractivity contribution >= 4 is 11.6 Å². The first-order chi connectivity index (χ1) is 7.70. The highest BCUT2D eigenvalue weighted by Gasteiger charge is 2.20. The average Bonchev–Trinajstić information content (AvgIpc) is 2.61. The van der Waals surface area contributed by atoms with E-state index in [2.05, 4.69) is 9.88 Å². The van der Waals surface area contributed by atoms with Crippen molar-refractivity contribution in [2.45, 2.75) is 19.4 Å². The number of hydrogen-bond donors (Lipinski definition) is 1. The molecule has 0 amide bonds. The number of imidazole rings is 1. The minimum Gasteiger partial charge on any atom is -0.330 e. The molecule has 2 heterocycles. The van der Waals surface area contributed by atoms with Crippen molar-refractivity contribution in [3.8, 4) is 0 Å². The Morgan fingerprint density at radius 3 is 3.06 bits per heavy atom. The number of rotatable bonds is 3. The van der Waals surface area contributed by atoms with Gasteiger partial charge >= 0.3 is 0 Å². The van der Waals surface area contributed by atoms with Crippen molar-refractivity contribution in [1.82, 2.24) is 14.5 Å². The van der Waals surface area contributed by atoms with Crippen LogP contribution in [0.25, 0.3) is 0 Å². The Balaban J connectivity index is 1.96. The summed E-state index contributed by atoms with van der Waals surface area (Å²) in [6, 6.07) is 0. The second-order valence-corrected chi connectivity index (χ2v) is 4.92. The summed E-state index contributed by atoms with van der Waals surface area (Å²) in [5, 5.41) is 0.697. The predicted molar refractivity (Wildman–Crippen MR) is 65.3 cm³/mol. The van der Waals surface area contributed by atoms with Crippen LogP contribution in [-0.2, 0) is 13.6 Å². The summed E-state index contributed by atoms with van der Waals surface area (Å²) in [6.45, 7) is 3.89. The molecule has 1 atom stereocenters. The summed E-state index contributed by atoms with van der Waals surface area (Å²) in [6.07, 6.45) is 4.20. The zero-order valence-corrected chi connectivity index (χ0v) is 10.5. The highest BCUT2D eigenvalue weighted by molar-refractivity contribution is 6.29. The third kappa shape index (κ3) is 2.56. The van der Waals surface area contributed by atoms with E-state index in [4.69, 9.17) is 17.3 Å². The standard InChI is InChI=1S/C11H19ClN4/c1-15-10(12)6-14-11(15)8-16-4-2-3-9(5-13)7-16/h6,9H,2-5,7-8,13H2,1H3. The van der Waals surface area contributed by atoms with Crippen LogP contribution < -0.4 is 5.73 Å². The van der Waals surface area contributed by atoms with Crippen molar-refractivity contribution in [2.75, 3.05) is 19.6 Å². The number of halogens is 1. The molecule has 1 aliphatic rings. The van der Waals surface area contributed by atoms with Gasteiger partial charge in [0.25, 0.3) is 0 Å². The van der Waals surface area contributed by atoms with Crippen LogP contribution in [0.5, 0.6) is 0 Å². The number of likely N-dealkylation sites (tertiary alicyclic amines) is 1. The van der Waals surface area contributed by atoms with Gasteiger partial charge in [-0.3, -0.25) is 4.90 Å². The molecule has 16 heavy (non-hydrogen) atoms. The monoisotopic (exact) mass is 242 g/mol. The van der Waals surface area contributed by atoms with Crippen LogP contribution in [0.3, 0.4) is 0 Å². The van der Waals surface area contributed by atoms with E-state index in [-0.39, 0.29) is 0 Å². The molecule has 0 radical (unpaired) electrons. The molecule has 1 aromatic heterocycles. The molecule has 2 N–H and O–H groups in total. The first kappa shape index (κ1) is 11.9. The minimum absolute atomic E-state index is 0.643. The summed E-state index contributed by atoms with van der Waals surface area (Å²) < 4.78 is 1.94. The van der Waals surface area contributed by atoms with Crippen LogP contribution >= 0.6 is 11.6 Å². The van der Waals surface area contributed by atoms with Crippen molar-refractivity contribution in [3.05, 3.63) is 17.2 Å². The summed E-state index contributed by atoms with van der Waals surface area (Å²) in [7, 11) is 1.95. The van der Waals surface area contributed by atoms with E-state index >= 15 is 0 Å². The van der Waals surface area contributed by atoms with Crippen molar-refractivity contribution < 1.29 is 0 Å². The molecule has 5 heteroatoms. The maximum Gasteiger partial charge on any atom is 0.128 e. The second kappa shape index (κ2) is 5.17. The van der Waals surface area contributed by atoms with Crippen LogP contribution in [0.15, 0.2) is 6.20 Å². The Bertz CT molecular complexity index is 350. The third-order valence-corrected chi connectivity index (χ3v) is 3.68. The van der Waals surface area contributed by atoms with Crippen molar-refractivity contribution in [1.29, 1.82) is 0 Å². The van der Waals surface area contributed by atoms with E-state index in [1.165, 1.54) is 12.8 Å². The molecule has 90 valence electrons. The minimum atomic E-state index is 0.643. The third-order valence-electron chi connectivity index (χ3n) is 3.33. The van der Waals surface area contributed by atoms with Crippen LogP contribution in [-0.4, -0.2) is 34.1 Å². The lowest BCUT2D eigenvalue weighted by molar-refractivity contribution is 0.166. The molecule has 2 rings (SSSR count). The first-order valence-electron chi connectivity index (χ1n) is 5.79. The summed E-state index contributed by atoms with van der Waals surface area (Å²) in [5.41, 5.74) is 5.72. The molecule has 0 spiro atoms. The fraction of sp³-hybridized carbons (Fsp3) is 0.727. The number of nitrogens with zero attached hydrogens (tertiary/aromatic N) is 3. The van der Waals surface area contributed by atoms with Gasteiger partial charge in [-0.25, -0.2) is 4.98 Å². The summed E-state index contributed by atoms with van der Waals surface area (Å²) >= 11 is 5.96. The summed E-state index contributed by atoms with van der Waals surface area (Å²) in [5.74, 6) is 1.67. The molecule has 1 fully saturated rings. The molecule has 1 unspecified atom stereocenters. The van der Waals surface area contributed by atoms with Gasteiger partial charge in [-0.15, -0.1) is 0 Å². The van der Waals surface area contributed by atoms with Gasteiger partial charge in [0, 0.05) is 13.6 Å². The van der Waals surface area contributed by atoms with Gasteiger partial charge in [-0.05, 0) is 31.8 Å². The SMILES string of the molecule is Cn1c(Cl)cnc1CN1CCCC(CN)C1. The fourth-order valence-corrected chi connectivity index (χ4v) is 2.40. The number of piperidine rings is 1. The molecule has 0 saturated carbocycles. The highest BCUT2D eigenvalue weighted by Crippen LogP contribution is 2.18. The van der Waals surface area contributed by atoms with Crippen LogP contribution in [0, 0.1) is 5.92 Å². The Hall–Kier alpha value is -0.580. The normalized spacial score (nSPS) is 22.6. The molecule has 0 aliphatic carbocycles. The predicted octanol–water partition coefficient (Wildman–Crippen LogP) is 1.24. The van der Waals surface area contributed by atoms with Gasteiger partial charge in [0.05, 0.1) is 12.7 Å². The number of nitrogens with two attached hydrogens (primary N) is 1. The van der Waals surface area contributed by atoms with Gasteiger partial charge in [-0.1, -0.05) is 11.6 Å². The van der Waals surface area contributed by atoms with Crippen LogP contribution in [0.2, 0.25) is 5.15 Å². The summed E-state index contributed by atoms with van der Waals surface area (Å²) in [4.78, 5) is 6.73. The lowest BCUT2D eigenvalue weighted by atomic mass is 9.98. The molecular weight excluding hydrogens is 224 g/mol. The molecular formula is C11H19ClN4. The Morgan fingerprint density at radius 1 is 1.62 bits per heavy atom. The molecule has 0 aromatic carbocycles.